The van der Waals surface area contributed by atoms with Crippen LogP contribution in [0.1, 0.15) is 26.3 Å². The molecule has 6 nitrogen and oxygen atoms in total. The van der Waals surface area contributed by atoms with Gasteiger partial charge in [-0.1, -0.05) is 0 Å². The van der Waals surface area contributed by atoms with Crippen molar-refractivity contribution in [3.05, 3.63) is 17.7 Å². The molecule has 4 N–H and O–H groups in total. The number of phenols is 1. The van der Waals surface area contributed by atoms with Gasteiger partial charge in [-0.25, -0.2) is 4.79 Å². The van der Waals surface area contributed by atoms with Crippen LogP contribution in [-0.4, -0.2) is 30.5 Å². The summed E-state index contributed by atoms with van der Waals surface area (Å²) in [4.78, 5) is 11.7. The van der Waals surface area contributed by atoms with Crippen molar-refractivity contribution in [3.63, 3.8) is 0 Å². The largest absolute Gasteiger partial charge is 0.503 e. The monoisotopic (exact) mass is 318 g/mol. The summed E-state index contributed by atoms with van der Waals surface area (Å²) in [6, 6.07) is 1.89. The summed E-state index contributed by atoms with van der Waals surface area (Å²) < 4.78 is 37.3. The van der Waals surface area contributed by atoms with Gasteiger partial charge in [-0.3, -0.25) is 5.32 Å². The van der Waals surface area contributed by atoms with E-state index in [-0.39, 0.29) is 11.4 Å². The topological polar surface area (TPSA) is 93.8 Å². The van der Waals surface area contributed by atoms with E-state index in [4.69, 9.17) is 15.2 Å². The summed E-state index contributed by atoms with van der Waals surface area (Å²) in [5.74, 6) is -4.02. The highest BCUT2D eigenvalue weighted by molar-refractivity contribution is 5.88. The maximum absolute atomic E-state index is 13.7. The Bertz CT molecular complexity index is 557. The Morgan fingerprint density at radius 2 is 1.95 bits per heavy atom. The Labute approximate surface area is 127 Å². The van der Waals surface area contributed by atoms with Gasteiger partial charge in [0.05, 0.1) is 19.3 Å². The van der Waals surface area contributed by atoms with Crippen molar-refractivity contribution >= 4 is 11.8 Å². The first-order valence-corrected chi connectivity index (χ1v) is 6.49. The second-order valence-electron chi connectivity index (χ2n) is 5.61. The fourth-order valence-corrected chi connectivity index (χ4v) is 1.60. The summed E-state index contributed by atoms with van der Waals surface area (Å²) >= 11 is 0. The normalized spacial score (nSPS) is 12.0. The number of hydrogen-bond donors (Lipinski definition) is 3. The molecule has 1 aromatic carbocycles. The Hall–Kier alpha value is -2.09. The lowest BCUT2D eigenvalue weighted by Gasteiger charge is -2.21. The van der Waals surface area contributed by atoms with Crippen molar-refractivity contribution in [3.8, 4) is 11.5 Å². The highest BCUT2D eigenvalue weighted by Gasteiger charge is 2.32. The van der Waals surface area contributed by atoms with E-state index in [0.29, 0.717) is 0 Å². The molecule has 1 amide bonds. The van der Waals surface area contributed by atoms with E-state index in [9.17, 15) is 18.7 Å². The van der Waals surface area contributed by atoms with Gasteiger partial charge < -0.3 is 20.3 Å². The van der Waals surface area contributed by atoms with Crippen molar-refractivity contribution < 1.29 is 28.2 Å². The number of carbonyl (C=O) groups excluding carboxylic acids is 1. The summed E-state index contributed by atoms with van der Waals surface area (Å²) in [5, 5.41) is 12.1. The zero-order chi connectivity index (χ0) is 17.1. The number of hydrogen-bond acceptors (Lipinski definition) is 5. The molecule has 0 bridgehead atoms. The third-order valence-corrected chi connectivity index (χ3v) is 2.61. The Morgan fingerprint density at radius 1 is 1.36 bits per heavy atom. The van der Waals surface area contributed by atoms with E-state index in [0.717, 1.165) is 12.1 Å². The van der Waals surface area contributed by atoms with Crippen LogP contribution in [0.5, 0.6) is 11.5 Å². The molecule has 0 unspecified atom stereocenters. The van der Waals surface area contributed by atoms with E-state index in [2.05, 4.69) is 5.32 Å². The predicted octanol–water partition coefficient (Wildman–Crippen LogP) is 2.80. The molecule has 0 aliphatic rings. The SMILES string of the molecule is COc1cc(C(F)(F)CN)cc(NC(=O)OC(C)(C)C)c1O. The molecule has 8 heteroatoms. The fourth-order valence-electron chi connectivity index (χ4n) is 1.60. The van der Waals surface area contributed by atoms with Crippen molar-refractivity contribution in [2.24, 2.45) is 5.73 Å². The molecule has 0 spiro atoms. The van der Waals surface area contributed by atoms with Gasteiger partial charge in [-0.15, -0.1) is 0 Å². The summed E-state index contributed by atoms with van der Waals surface area (Å²) in [7, 11) is 1.21. The van der Waals surface area contributed by atoms with Crippen LogP contribution in [0.25, 0.3) is 0 Å². The van der Waals surface area contributed by atoms with Gasteiger partial charge in [0.15, 0.2) is 11.5 Å². The molecule has 0 aromatic heterocycles. The number of benzene rings is 1. The molecule has 1 aromatic rings. The summed E-state index contributed by atoms with van der Waals surface area (Å²) in [6.07, 6.45) is -0.891. The van der Waals surface area contributed by atoms with Gasteiger partial charge in [0.25, 0.3) is 5.92 Å². The van der Waals surface area contributed by atoms with Crippen LogP contribution in [0.2, 0.25) is 0 Å². The van der Waals surface area contributed by atoms with Crippen molar-refractivity contribution in [2.75, 3.05) is 19.0 Å². The van der Waals surface area contributed by atoms with Crippen LogP contribution in [0.4, 0.5) is 19.3 Å². The molecular formula is C14H20F2N2O4. The minimum absolute atomic E-state index is 0.211. The lowest BCUT2D eigenvalue weighted by Crippen LogP contribution is -2.28. The standard InChI is InChI=1S/C14H20F2N2O4/c1-13(2,3)22-12(20)18-9-5-8(14(15,16)7-17)6-10(21-4)11(9)19/h5-6,19H,7,17H2,1-4H3,(H,18,20). The van der Waals surface area contributed by atoms with Gasteiger partial charge in [0.2, 0.25) is 0 Å². The fraction of sp³-hybridized carbons (Fsp3) is 0.500. The van der Waals surface area contributed by atoms with E-state index in [1.54, 1.807) is 20.8 Å². The second kappa shape index (κ2) is 6.35. The molecule has 0 heterocycles. The highest BCUT2D eigenvalue weighted by atomic mass is 19.3. The number of alkyl halides is 2. The number of nitrogens with one attached hydrogen (secondary N) is 1. The average molecular weight is 318 g/mol. The molecule has 22 heavy (non-hydrogen) atoms. The molecule has 0 saturated carbocycles. The van der Waals surface area contributed by atoms with E-state index in [1.807, 2.05) is 0 Å². The third-order valence-electron chi connectivity index (χ3n) is 2.61. The van der Waals surface area contributed by atoms with Crippen LogP contribution < -0.4 is 15.8 Å². The van der Waals surface area contributed by atoms with Crippen LogP contribution in [0.3, 0.4) is 0 Å². The number of carbonyl (C=O) groups is 1. The van der Waals surface area contributed by atoms with E-state index in [1.165, 1.54) is 7.11 Å². The van der Waals surface area contributed by atoms with Crippen LogP contribution in [0, 0.1) is 0 Å². The molecule has 0 atom stereocenters. The maximum Gasteiger partial charge on any atom is 0.412 e. The molecule has 0 radical (unpaired) electrons. The lowest BCUT2D eigenvalue weighted by molar-refractivity contribution is 0.00572. The molecule has 0 aliphatic carbocycles. The first kappa shape index (κ1) is 18.0. The minimum atomic E-state index is -3.33. The number of amides is 1. The minimum Gasteiger partial charge on any atom is -0.503 e. The van der Waals surface area contributed by atoms with Gasteiger partial charge in [0.1, 0.15) is 5.60 Å². The van der Waals surface area contributed by atoms with Crippen LogP contribution in [0.15, 0.2) is 12.1 Å². The quantitative estimate of drug-likeness (QED) is 0.742. The van der Waals surface area contributed by atoms with Crippen molar-refractivity contribution in [2.45, 2.75) is 32.3 Å². The number of halogens is 2. The number of methoxy groups -OCH3 is 1. The van der Waals surface area contributed by atoms with E-state index < -0.39 is 35.5 Å². The second-order valence-corrected chi connectivity index (χ2v) is 5.61. The number of rotatable bonds is 4. The number of nitrogens with two attached hydrogens (primary N) is 1. The lowest BCUT2D eigenvalue weighted by atomic mass is 10.1. The Kier molecular flexibility index (Phi) is 5.18. The average Bonchev–Trinajstić information content (AvgIpc) is 2.38. The van der Waals surface area contributed by atoms with Gasteiger partial charge in [-0.05, 0) is 32.9 Å². The molecule has 1 rings (SSSR count). The Morgan fingerprint density at radius 3 is 2.41 bits per heavy atom. The maximum atomic E-state index is 13.7. The first-order chi connectivity index (χ1) is 10.00. The zero-order valence-electron chi connectivity index (χ0n) is 12.9. The third kappa shape index (κ3) is 4.45. The molecule has 0 saturated heterocycles. The van der Waals surface area contributed by atoms with Gasteiger partial charge >= 0.3 is 6.09 Å². The first-order valence-electron chi connectivity index (χ1n) is 6.49. The van der Waals surface area contributed by atoms with Crippen LogP contribution in [-0.2, 0) is 10.7 Å². The molecular weight excluding hydrogens is 298 g/mol. The van der Waals surface area contributed by atoms with Crippen molar-refractivity contribution in [1.29, 1.82) is 0 Å². The number of aromatic hydroxyl groups is 1. The smallest absolute Gasteiger partial charge is 0.412 e. The predicted molar refractivity (Wildman–Crippen MR) is 77.5 cm³/mol. The number of ether oxygens (including phenoxy) is 2. The van der Waals surface area contributed by atoms with Crippen LogP contribution >= 0.6 is 0 Å². The van der Waals surface area contributed by atoms with E-state index >= 15 is 0 Å². The van der Waals surface area contributed by atoms with Gasteiger partial charge in [0, 0.05) is 5.56 Å². The summed E-state index contributed by atoms with van der Waals surface area (Å²) in [6.45, 7) is 4.01. The van der Waals surface area contributed by atoms with Gasteiger partial charge in [-0.2, -0.15) is 8.78 Å². The molecule has 0 fully saturated rings. The highest BCUT2D eigenvalue weighted by Crippen LogP contribution is 2.40. The molecule has 0 aliphatic heterocycles. The number of phenolic OH excluding ortho intramolecular Hbond substituents is 1. The molecule has 124 valence electrons. The van der Waals surface area contributed by atoms with Crippen molar-refractivity contribution in [1.82, 2.24) is 0 Å². The number of anilines is 1. The summed E-state index contributed by atoms with van der Waals surface area (Å²) in [5.41, 5.74) is 3.52. The Balaban J connectivity index is 3.18. The zero-order valence-corrected chi connectivity index (χ0v) is 12.9.